The van der Waals surface area contributed by atoms with Crippen molar-refractivity contribution in [2.24, 2.45) is 0 Å². The molecule has 4 nitrogen and oxygen atoms in total. The topological polar surface area (TPSA) is 49.4 Å². The van der Waals surface area contributed by atoms with Crippen LogP contribution in [0.5, 0.6) is 0 Å². The average molecular weight is 390 g/mol. The Balaban J connectivity index is 1.90. The fourth-order valence-electron chi connectivity index (χ4n) is 3.35. The Morgan fingerprint density at radius 1 is 1.18 bits per heavy atom. The Morgan fingerprint density at radius 2 is 1.93 bits per heavy atom. The lowest BCUT2D eigenvalue weighted by Gasteiger charge is -2.26. The highest BCUT2D eigenvalue weighted by atomic mass is 19.4. The predicted molar refractivity (Wildman–Crippen MR) is 98.6 cm³/mol. The monoisotopic (exact) mass is 390 g/mol. The number of likely N-dealkylation sites (tertiary alicyclic amines) is 1. The van der Waals surface area contributed by atoms with Crippen molar-refractivity contribution < 1.29 is 22.8 Å². The maximum Gasteiger partial charge on any atom is 0.416 e. The van der Waals surface area contributed by atoms with Crippen LogP contribution in [0.4, 0.5) is 13.2 Å². The Morgan fingerprint density at radius 3 is 2.57 bits per heavy atom. The van der Waals surface area contributed by atoms with Crippen LogP contribution in [0, 0.1) is 6.92 Å². The quantitative estimate of drug-likeness (QED) is 0.835. The molecule has 0 aromatic heterocycles. The van der Waals surface area contributed by atoms with Crippen LogP contribution < -0.4 is 5.32 Å². The summed E-state index contributed by atoms with van der Waals surface area (Å²) < 4.78 is 39.4. The van der Waals surface area contributed by atoms with Gasteiger partial charge in [-0.3, -0.25) is 9.59 Å². The molecule has 2 aromatic rings. The van der Waals surface area contributed by atoms with Crippen molar-refractivity contribution >= 4 is 11.8 Å². The summed E-state index contributed by atoms with van der Waals surface area (Å²) in [7, 11) is 0. The lowest BCUT2D eigenvalue weighted by molar-refractivity contribution is -0.137. The molecular weight excluding hydrogens is 369 g/mol. The Kier molecular flexibility index (Phi) is 5.72. The van der Waals surface area contributed by atoms with E-state index in [1.54, 1.807) is 42.2 Å². The molecule has 148 valence electrons. The van der Waals surface area contributed by atoms with Gasteiger partial charge in [0, 0.05) is 25.1 Å². The van der Waals surface area contributed by atoms with Gasteiger partial charge in [0.2, 0.25) is 5.91 Å². The van der Waals surface area contributed by atoms with Crippen molar-refractivity contribution in [2.45, 2.75) is 32.0 Å². The molecule has 1 aliphatic heterocycles. The van der Waals surface area contributed by atoms with Crippen molar-refractivity contribution in [3.63, 3.8) is 0 Å². The zero-order valence-corrected chi connectivity index (χ0v) is 15.4. The third-order valence-electron chi connectivity index (χ3n) is 4.89. The first kappa shape index (κ1) is 19.9. The van der Waals surface area contributed by atoms with E-state index in [0.29, 0.717) is 30.5 Å². The number of nitrogens with zero attached hydrogens (tertiary/aromatic N) is 1. The molecule has 7 heteroatoms. The highest BCUT2D eigenvalue weighted by Crippen LogP contribution is 2.31. The van der Waals surface area contributed by atoms with Crippen molar-refractivity contribution in [3.05, 3.63) is 70.8 Å². The standard InChI is InChI=1S/C21H21F3N2O2/c1-14-6-2-3-9-17(14)20(28)25-18(13-26-11-5-10-19(26)27)15-7-4-8-16(12-15)21(22,23)24/h2-4,6-9,12,18H,5,10-11,13H2,1H3,(H,25,28). The van der Waals surface area contributed by atoms with Gasteiger partial charge in [0.1, 0.15) is 0 Å². The van der Waals surface area contributed by atoms with Crippen LogP contribution in [0.15, 0.2) is 48.5 Å². The van der Waals surface area contributed by atoms with Gasteiger partial charge in [-0.25, -0.2) is 0 Å². The lowest BCUT2D eigenvalue weighted by Crippen LogP contribution is -2.39. The second-order valence-electron chi connectivity index (χ2n) is 6.91. The Hall–Kier alpha value is -2.83. The minimum absolute atomic E-state index is 0.0536. The molecular formula is C21H21F3N2O2. The summed E-state index contributed by atoms with van der Waals surface area (Å²) in [5.74, 6) is -0.436. The summed E-state index contributed by atoms with van der Waals surface area (Å²) in [5, 5.41) is 2.82. The molecule has 3 rings (SSSR count). The normalized spacial score (nSPS) is 15.6. The van der Waals surface area contributed by atoms with Crippen molar-refractivity contribution in [1.82, 2.24) is 10.2 Å². The highest BCUT2D eigenvalue weighted by Gasteiger charge is 2.32. The van der Waals surface area contributed by atoms with E-state index in [2.05, 4.69) is 5.32 Å². The molecule has 2 amide bonds. The first-order chi connectivity index (χ1) is 13.3. The molecule has 0 aliphatic carbocycles. The average Bonchev–Trinajstić information content (AvgIpc) is 3.05. The molecule has 1 fully saturated rings. The first-order valence-electron chi connectivity index (χ1n) is 9.07. The van der Waals surface area contributed by atoms with Crippen LogP contribution in [-0.2, 0) is 11.0 Å². The molecule has 2 aromatic carbocycles. The van der Waals surface area contributed by atoms with Crippen molar-refractivity contribution in [2.75, 3.05) is 13.1 Å². The van der Waals surface area contributed by atoms with E-state index in [4.69, 9.17) is 0 Å². The number of aryl methyl sites for hydroxylation is 1. The van der Waals surface area contributed by atoms with Gasteiger partial charge in [-0.05, 0) is 42.7 Å². The van der Waals surface area contributed by atoms with Crippen molar-refractivity contribution in [1.29, 1.82) is 0 Å². The van der Waals surface area contributed by atoms with Crippen LogP contribution in [-0.4, -0.2) is 29.8 Å². The van der Waals surface area contributed by atoms with E-state index in [1.807, 2.05) is 0 Å². The van der Waals surface area contributed by atoms with Crippen LogP contribution >= 0.6 is 0 Å². The summed E-state index contributed by atoms with van der Waals surface area (Å²) in [5.41, 5.74) is 0.747. The minimum Gasteiger partial charge on any atom is -0.343 e. The molecule has 0 bridgehead atoms. The molecule has 1 N–H and O–H groups in total. The van der Waals surface area contributed by atoms with Gasteiger partial charge in [-0.2, -0.15) is 13.2 Å². The number of alkyl halides is 3. The summed E-state index contributed by atoms with van der Waals surface area (Å²) in [6.45, 7) is 2.46. The molecule has 0 radical (unpaired) electrons. The maximum absolute atomic E-state index is 13.1. The zero-order chi connectivity index (χ0) is 20.3. The van der Waals surface area contributed by atoms with E-state index in [-0.39, 0.29) is 18.4 Å². The summed E-state index contributed by atoms with van der Waals surface area (Å²) >= 11 is 0. The van der Waals surface area contributed by atoms with E-state index >= 15 is 0 Å². The number of benzene rings is 2. The van der Waals surface area contributed by atoms with Crippen molar-refractivity contribution in [3.8, 4) is 0 Å². The molecule has 0 saturated carbocycles. The Labute approximate surface area is 161 Å². The summed E-state index contributed by atoms with van der Waals surface area (Å²) in [6, 6.07) is 11.1. The molecule has 1 atom stereocenters. The Bertz CT molecular complexity index is 880. The van der Waals surface area contributed by atoms with E-state index in [0.717, 1.165) is 17.7 Å². The fourth-order valence-corrected chi connectivity index (χ4v) is 3.35. The zero-order valence-electron chi connectivity index (χ0n) is 15.4. The summed E-state index contributed by atoms with van der Waals surface area (Å²) in [6.07, 6.45) is -3.36. The van der Waals surface area contributed by atoms with Gasteiger partial charge in [-0.15, -0.1) is 0 Å². The van der Waals surface area contributed by atoms with Gasteiger partial charge in [0.05, 0.1) is 11.6 Å². The number of hydrogen-bond donors (Lipinski definition) is 1. The molecule has 28 heavy (non-hydrogen) atoms. The minimum atomic E-state index is -4.48. The van der Waals surface area contributed by atoms with Crippen LogP contribution in [0.3, 0.4) is 0 Å². The molecule has 1 unspecified atom stereocenters. The van der Waals surface area contributed by atoms with Crippen LogP contribution in [0.25, 0.3) is 0 Å². The van der Waals surface area contributed by atoms with E-state index < -0.39 is 17.8 Å². The number of hydrogen-bond acceptors (Lipinski definition) is 2. The summed E-state index contributed by atoms with van der Waals surface area (Å²) in [4.78, 5) is 26.3. The number of amides is 2. The SMILES string of the molecule is Cc1ccccc1C(=O)NC(CN1CCCC1=O)c1cccc(C(F)(F)F)c1. The third-order valence-corrected chi connectivity index (χ3v) is 4.89. The van der Waals surface area contributed by atoms with Crippen LogP contribution in [0.2, 0.25) is 0 Å². The molecule has 0 spiro atoms. The predicted octanol–water partition coefficient (Wildman–Crippen LogP) is 4.11. The second-order valence-corrected chi connectivity index (χ2v) is 6.91. The number of carbonyl (C=O) groups is 2. The van der Waals surface area contributed by atoms with Gasteiger partial charge < -0.3 is 10.2 Å². The van der Waals surface area contributed by atoms with Gasteiger partial charge >= 0.3 is 6.18 Å². The lowest BCUT2D eigenvalue weighted by atomic mass is 10.0. The smallest absolute Gasteiger partial charge is 0.343 e. The van der Waals surface area contributed by atoms with E-state index in [9.17, 15) is 22.8 Å². The molecule has 1 aliphatic rings. The number of nitrogens with one attached hydrogen (secondary N) is 1. The number of carbonyl (C=O) groups excluding carboxylic acids is 2. The highest BCUT2D eigenvalue weighted by molar-refractivity contribution is 5.95. The fraction of sp³-hybridized carbons (Fsp3) is 0.333. The molecule has 1 saturated heterocycles. The second kappa shape index (κ2) is 8.04. The largest absolute Gasteiger partial charge is 0.416 e. The number of rotatable bonds is 5. The van der Waals surface area contributed by atoms with Gasteiger partial charge in [0.25, 0.3) is 5.91 Å². The van der Waals surface area contributed by atoms with Crippen LogP contribution in [0.1, 0.15) is 45.9 Å². The molecule has 1 heterocycles. The maximum atomic E-state index is 13.1. The van der Waals surface area contributed by atoms with Gasteiger partial charge in [0.15, 0.2) is 0 Å². The third kappa shape index (κ3) is 4.52. The number of halogens is 3. The van der Waals surface area contributed by atoms with Gasteiger partial charge in [-0.1, -0.05) is 30.3 Å². The first-order valence-corrected chi connectivity index (χ1v) is 9.07. The van der Waals surface area contributed by atoms with E-state index in [1.165, 1.54) is 6.07 Å².